The van der Waals surface area contributed by atoms with Crippen LogP contribution < -0.4 is 14.8 Å². The second kappa shape index (κ2) is 7.87. The fourth-order valence-electron chi connectivity index (χ4n) is 3.32. The van der Waals surface area contributed by atoms with Gasteiger partial charge in [-0.2, -0.15) is 0 Å². The summed E-state index contributed by atoms with van der Waals surface area (Å²) in [5.74, 6) is 1.67. The Hall–Kier alpha value is -3.47. The summed E-state index contributed by atoms with van der Waals surface area (Å²) in [6.45, 7) is 2.09. The van der Waals surface area contributed by atoms with Crippen molar-refractivity contribution in [3.05, 3.63) is 83.8 Å². The Morgan fingerprint density at radius 1 is 1.14 bits per heavy atom. The number of furan rings is 1. The fourth-order valence-corrected chi connectivity index (χ4v) is 3.32. The molecule has 1 aliphatic heterocycles. The lowest BCUT2D eigenvalue weighted by atomic mass is 9.93. The van der Waals surface area contributed by atoms with Crippen LogP contribution in [0, 0.1) is 0 Å². The summed E-state index contributed by atoms with van der Waals surface area (Å²) in [5.41, 5.74) is 2.49. The SMILES string of the molecule is COc1ccc(CCC2(C)C=Cc3cc(NC(=O)c4ccco4)ccc3O2)cc1. The predicted molar refractivity (Wildman–Crippen MR) is 112 cm³/mol. The topological polar surface area (TPSA) is 60.7 Å². The lowest BCUT2D eigenvalue weighted by molar-refractivity contribution is 0.0996. The maximum absolute atomic E-state index is 12.1. The van der Waals surface area contributed by atoms with Crippen LogP contribution in [-0.2, 0) is 6.42 Å². The van der Waals surface area contributed by atoms with Crippen molar-refractivity contribution in [3.63, 3.8) is 0 Å². The van der Waals surface area contributed by atoms with Gasteiger partial charge in [-0.05, 0) is 73.9 Å². The Morgan fingerprint density at radius 2 is 1.97 bits per heavy atom. The van der Waals surface area contributed by atoms with Crippen LogP contribution in [-0.4, -0.2) is 18.6 Å². The smallest absolute Gasteiger partial charge is 0.291 e. The third-order valence-corrected chi connectivity index (χ3v) is 5.04. The van der Waals surface area contributed by atoms with E-state index in [1.165, 1.54) is 11.8 Å². The van der Waals surface area contributed by atoms with Gasteiger partial charge in [0, 0.05) is 11.3 Å². The molecule has 0 fully saturated rings. The first-order chi connectivity index (χ1) is 14.0. The minimum Gasteiger partial charge on any atom is -0.497 e. The fraction of sp³-hybridized carbons (Fsp3) is 0.208. The van der Waals surface area contributed by atoms with Gasteiger partial charge in [-0.1, -0.05) is 18.2 Å². The maximum Gasteiger partial charge on any atom is 0.291 e. The molecule has 0 spiro atoms. The molecule has 1 aliphatic rings. The number of anilines is 1. The molecule has 5 heteroatoms. The quantitative estimate of drug-likeness (QED) is 0.618. The van der Waals surface area contributed by atoms with Gasteiger partial charge >= 0.3 is 0 Å². The second-order valence-electron chi connectivity index (χ2n) is 7.28. The first-order valence-corrected chi connectivity index (χ1v) is 9.55. The van der Waals surface area contributed by atoms with Crippen molar-refractivity contribution < 1.29 is 18.7 Å². The summed E-state index contributed by atoms with van der Waals surface area (Å²) in [4.78, 5) is 12.1. The summed E-state index contributed by atoms with van der Waals surface area (Å²) < 4.78 is 16.6. The number of rotatable bonds is 6. The highest BCUT2D eigenvalue weighted by Crippen LogP contribution is 2.35. The third-order valence-electron chi connectivity index (χ3n) is 5.04. The van der Waals surface area contributed by atoms with Crippen molar-refractivity contribution in [2.75, 3.05) is 12.4 Å². The number of hydrogen-bond donors (Lipinski definition) is 1. The molecule has 5 nitrogen and oxygen atoms in total. The van der Waals surface area contributed by atoms with Gasteiger partial charge in [-0.25, -0.2) is 0 Å². The number of aryl methyl sites for hydroxylation is 1. The van der Waals surface area contributed by atoms with Crippen LogP contribution in [0.3, 0.4) is 0 Å². The van der Waals surface area contributed by atoms with E-state index in [1.807, 2.05) is 30.3 Å². The van der Waals surface area contributed by atoms with Crippen LogP contribution in [0.2, 0.25) is 0 Å². The van der Waals surface area contributed by atoms with Crippen LogP contribution in [0.1, 0.15) is 35.0 Å². The Kier molecular flexibility index (Phi) is 5.12. The molecule has 29 heavy (non-hydrogen) atoms. The van der Waals surface area contributed by atoms with Crippen molar-refractivity contribution in [1.29, 1.82) is 0 Å². The number of hydrogen-bond acceptors (Lipinski definition) is 4. The van der Waals surface area contributed by atoms with Crippen LogP contribution >= 0.6 is 0 Å². The van der Waals surface area contributed by atoms with Gasteiger partial charge in [0.1, 0.15) is 17.1 Å². The Balaban J connectivity index is 1.41. The van der Waals surface area contributed by atoms with Crippen LogP contribution in [0.5, 0.6) is 11.5 Å². The van der Waals surface area contributed by atoms with E-state index in [-0.39, 0.29) is 17.3 Å². The number of amides is 1. The average Bonchev–Trinajstić information content (AvgIpc) is 3.28. The van der Waals surface area contributed by atoms with Crippen LogP contribution in [0.15, 0.2) is 71.4 Å². The molecule has 0 saturated heterocycles. The number of methoxy groups -OCH3 is 1. The highest BCUT2D eigenvalue weighted by atomic mass is 16.5. The molecule has 0 aliphatic carbocycles. The van der Waals surface area contributed by atoms with Gasteiger partial charge in [0.2, 0.25) is 0 Å². The Labute approximate surface area is 170 Å². The first kappa shape index (κ1) is 18.9. The molecule has 1 aromatic heterocycles. The monoisotopic (exact) mass is 389 g/mol. The standard InChI is InChI=1S/C24H23NO4/c1-24(13-11-17-5-8-20(27-2)9-6-17)14-12-18-16-19(7-10-21(18)29-24)25-23(26)22-4-3-15-28-22/h3-10,12,14-16H,11,13H2,1-2H3,(H,25,26). The maximum atomic E-state index is 12.1. The second-order valence-corrected chi connectivity index (χ2v) is 7.28. The van der Waals surface area contributed by atoms with Gasteiger partial charge in [0.05, 0.1) is 13.4 Å². The zero-order chi connectivity index (χ0) is 20.3. The lowest BCUT2D eigenvalue weighted by Gasteiger charge is -2.32. The van der Waals surface area contributed by atoms with E-state index < -0.39 is 0 Å². The molecule has 148 valence electrons. The minimum absolute atomic E-state index is 0.278. The normalized spacial score (nSPS) is 17.3. The molecule has 2 aromatic carbocycles. The molecule has 4 rings (SSSR count). The van der Waals surface area contributed by atoms with Crippen molar-refractivity contribution in [1.82, 2.24) is 0 Å². The number of ether oxygens (including phenoxy) is 2. The minimum atomic E-state index is -0.383. The van der Waals surface area contributed by atoms with E-state index in [1.54, 1.807) is 19.2 Å². The molecule has 3 aromatic rings. The summed E-state index contributed by atoms with van der Waals surface area (Å²) in [6.07, 6.45) is 7.36. The molecule has 1 N–H and O–H groups in total. The van der Waals surface area contributed by atoms with Gasteiger partial charge in [0.25, 0.3) is 5.91 Å². The van der Waals surface area contributed by atoms with Crippen molar-refractivity contribution in [3.8, 4) is 11.5 Å². The van der Waals surface area contributed by atoms with E-state index in [9.17, 15) is 4.79 Å². The van der Waals surface area contributed by atoms with E-state index in [4.69, 9.17) is 13.9 Å². The molecule has 1 amide bonds. The molecular formula is C24H23NO4. The van der Waals surface area contributed by atoms with E-state index in [2.05, 4.69) is 36.5 Å². The first-order valence-electron chi connectivity index (χ1n) is 9.55. The molecule has 1 unspecified atom stereocenters. The van der Waals surface area contributed by atoms with Crippen molar-refractivity contribution >= 4 is 17.7 Å². The number of carbonyl (C=O) groups is 1. The van der Waals surface area contributed by atoms with Gasteiger partial charge in [-0.3, -0.25) is 4.79 Å². The van der Waals surface area contributed by atoms with Gasteiger partial charge in [-0.15, -0.1) is 0 Å². The summed E-state index contributed by atoms with van der Waals surface area (Å²) in [7, 11) is 1.67. The Morgan fingerprint density at radius 3 is 2.69 bits per heavy atom. The highest BCUT2D eigenvalue weighted by molar-refractivity contribution is 6.02. The number of carbonyl (C=O) groups excluding carboxylic acids is 1. The number of nitrogens with one attached hydrogen (secondary N) is 1. The summed E-state index contributed by atoms with van der Waals surface area (Å²) in [6, 6.07) is 17.1. The molecule has 0 radical (unpaired) electrons. The predicted octanol–water partition coefficient (Wildman–Crippen LogP) is 5.34. The van der Waals surface area contributed by atoms with E-state index >= 15 is 0 Å². The third kappa shape index (κ3) is 4.35. The number of benzene rings is 2. The zero-order valence-electron chi connectivity index (χ0n) is 16.5. The lowest BCUT2D eigenvalue weighted by Crippen LogP contribution is -2.32. The summed E-state index contributed by atoms with van der Waals surface area (Å²) >= 11 is 0. The largest absolute Gasteiger partial charge is 0.497 e. The summed E-state index contributed by atoms with van der Waals surface area (Å²) in [5, 5.41) is 2.84. The van der Waals surface area contributed by atoms with Crippen LogP contribution in [0.4, 0.5) is 5.69 Å². The highest BCUT2D eigenvalue weighted by Gasteiger charge is 2.27. The van der Waals surface area contributed by atoms with Crippen molar-refractivity contribution in [2.45, 2.75) is 25.4 Å². The molecule has 2 heterocycles. The molecule has 0 saturated carbocycles. The van der Waals surface area contributed by atoms with Crippen molar-refractivity contribution in [2.24, 2.45) is 0 Å². The average molecular weight is 389 g/mol. The zero-order valence-corrected chi connectivity index (χ0v) is 16.5. The van der Waals surface area contributed by atoms with E-state index in [0.29, 0.717) is 5.69 Å². The molecule has 1 atom stereocenters. The van der Waals surface area contributed by atoms with Gasteiger partial charge in [0.15, 0.2) is 5.76 Å². The molecule has 0 bridgehead atoms. The van der Waals surface area contributed by atoms with Gasteiger partial charge < -0.3 is 19.2 Å². The molecular weight excluding hydrogens is 366 g/mol. The van der Waals surface area contributed by atoms with Crippen LogP contribution in [0.25, 0.3) is 6.08 Å². The number of fused-ring (bicyclic) bond motifs is 1. The van der Waals surface area contributed by atoms with E-state index in [0.717, 1.165) is 29.9 Å². The Bertz CT molecular complexity index is 1020.